The van der Waals surface area contributed by atoms with Crippen LogP contribution in [0.15, 0.2) is 156 Å². The summed E-state index contributed by atoms with van der Waals surface area (Å²) in [6.07, 6.45) is 0. The molecule has 0 aliphatic rings. The van der Waals surface area contributed by atoms with E-state index >= 15 is 0 Å². The van der Waals surface area contributed by atoms with Gasteiger partial charge in [-0.05, 0) is 51.2 Å². The molecule has 43 heavy (non-hydrogen) atoms. The third-order valence-electron chi connectivity index (χ3n) is 7.96. The number of aromatic nitrogens is 3. The van der Waals surface area contributed by atoms with Gasteiger partial charge in [0, 0.05) is 27.5 Å². The van der Waals surface area contributed by atoms with Gasteiger partial charge in [-0.2, -0.15) is 0 Å². The van der Waals surface area contributed by atoms with Crippen molar-refractivity contribution in [1.82, 2.24) is 15.4 Å². The maximum Gasteiger partial charge on any atom is 0.136 e. The molecule has 4 heteroatoms. The molecule has 4 nitrogen and oxygen atoms in total. The second kappa shape index (κ2) is 10.5. The third kappa shape index (κ3) is 4.28. The maximum atomic E-state index is 6.40. The summed E-state index contributed by atoms with van der Waals surface area (Å²) in [6, 6.07) is 52.0. The van der Waals surface area contributed by atoms with Gasteiger partial charge in [-0.25, -0.2) is 0 Å². The highest BCUT2D eigenvalue weighted by Crippen LogP contribution is 2.48. The minimum atomic E-state index is 0.758. The Bertz CT molecular complexity index is 2220. The molecule has 0 atom stereocenters. The normalized spacial score (nSPS) is 11.3. The Balaban J connectivity index is 1.55. The molecule has 0 aliphatic heterocycles. The monoisotopic (exact) mass is 551 g/mol. The minimum Gasteiger partial charge on any atom is -0.456 e. The molecule has 202 valence electrons. The topological polar surface area (TPSA) is 51.8 Å². The van der Waals surface area contributed by atoms with Crippen LogP contribution in [0.2, 0.25) is 0 Å². The van der Waals surface area contributed by atoms with Crippen LogP contribution in [-0.2, 0) is 0 Å². The number of rotatable bonds is 5. The lowest BCUT2D eigenvalue weighted by atomic mass is 9.86. The molecule has 0 saturated carbocycles. The van der Waals surface area contributed by atoms with E-state index in [1.807, 2.05) is 42.5 Å². The van der Waals surface area contributed by atoms with Gasteiger partial charge in [0.25, 0.3) is 0 Å². The smallest absolute Gasteiger partial charge is 0.136 e. The van der Waals surface area contributed by atoms with E-state index in [9.17, 15) is 0 Å². The number of nitrogens with zero attached hydrogens (tertiary/aromatic N) is 3. The SMILES string of the molecule is c1ccc(-c2ccccc2-c2c(-c3ccccc3)nnnc2-c2c(-c3ccccc3)ccc3oc4ccccc4c23)cc1. The number of fused-ring (bicyclic) bond motifs is 3. The number of furan rings is 1. The first kappa shape index (κ1) is 24.9. The highest BCUT2D eigenvalue weighted by Gasteiger charge is 2.26. The van der Waals surface area contributed by atoms with Crippen LogP contribution >= 0.6 is 0 Å². The summed E-state index contributed by atoms with van der Waals surface area (Å²) in [6.45, 7) is 0. The van der Waals surface area contributed by atoms with Crippen LogP contribution < -0.4 is 0 Å². The van der Waals surface area contributed by atoms with Crippen molar-refractivity contribution in [3.05, 3.63) is 152 Å². The van der Waals surface area contributed by atoms with Gasteiger partial charge in [0.1, 0.15) is 22.6 Å². The van der Waals surface area contributed by atoms with Crippen LogP contribution in [0.3, 0.4) is 0 Å². The lowest BCUT2D eigenvalue weighted by molar-refractivity contribution is 0.669. The summed E-state index contributed by atoms with van der Waals surface area (Å²) in [5.74, 6) is 0. The standard InChI is InChI=1S/C39H25N3O/c1-4-14-26(15-5-1)29-20-10-11-21-31(29)37-38(28-18-8-3-9-19-28)40-42-41-39(37)36-30(27-16-6-2-7-17-27)24-25-34-35(36)32-22-12-13-23-33(32)43-34/h1-25H. The fraction of sp³-hybridized carbons (Fsp3) is 0. The van der Waals surface area contributed by atoms with E-state index in [0.717, 1.165) is 77.8 Å². The van der Waals surface area contributed by atoms with Crippen LogP contribution in [0, 0.1) is 0 Å². The van der Waals surface area contributed by atoms with E-state index in [1.165, 1.54) is 0 Å². The largest absolute Gasteiger partial charge is 0.456 e. The second-order valence-corrected chi connectivity index (χ2v) is 10.5. The van der Waals surface area contributed by atoms with Crippen LogP contribution in [-0.4, -0.2) is 15.4 Å². The van der Waals surface area contributed by atoms with Crippen molar-refractivity contribution < 1.29 is 4.42 Å². The molecular weight excluding hydrogens is 526 g/mol. The van der Waals surface area contributed by atoms with Crippen molar-refractivity contribution in [2.75, 3.05) is 0 Å². The predicted molar refractivity (Wildman–Crippen MR) is 174 cm³/mol. The zero-order valence-electron chi connectivity index (χ0n) is 23.2. The van der Waals surface area contributed by atoms with Gasteiger partial charge in [-0.15, -0.1) is 10.2 Å². The molecule has 8 rings (SSSR count). The van der Waals surface area contributed by atoms with Crippen molar-refractivity contribution in [3.8, 4) is 55.9 Å². The Morgan fingerprint density at radius 3 is 1.65 bits per heavy atom. The summed E-state index contributed by atoms with van der Waals surface area (Å²) in [5.41, 5.74) is 11.4. The third-order valence-corrected chi connectivity index (χ3v) is 7.96. The molecule has 0 N–H and O–H groups in total. The zero-order chi connectivity index (χ0) is 28.6. The fourth-order valence-electron chi connectivity index (χ4n) is 6.04. The Kier molecular flexibility index (Phi) is 6.08. The molecule has 0 amide bonds. The number of hydrogen-bond acceptors (Lipinski definition) is 4. The van der Waals surface area contributed by atoms with Crippen molar-refractivity contribution in [2.45, 2.75) is 0 Å². The number of para-hydroxylation sites is 1. The summed E-state index contributed by atoms with van der Waals surface area (Å²) in [5, 5.41) is 16.0. The highest BCUT2D eigenvalue weighted by atomic mass is 16.3. The highest BCUT2D eigenvalue weighted by molar-refractivity contribution is 6.17. The first-order valence-electron chi connectivity index (χ1n) is 14.3. The first-order chi connectivity index (χ1) is 21.4. The predicted octanol–water partition coefficient (Wildman–Crippen LogP) is 10.1. The Morgan fingerprint density at radius 2 is 0.930 bits per heavy atom. The lowest BCUT2D eigenvalue weighted by Gasteiger charge is -2.19. The van der Waals surface area contributed by atoms with Crippen LogP contribution in [0.1, 0.15) is 0 Å². The van der Waals surface area contributed by atoms with Gasteiger partial charge >= 0.3 is 0 Å². The van der Waals surface area contributed by atoms with E-state index in [2.05, 4.69) is 114 Å². The summed E-state index contributed by atoms with van der Waals surface area (Å²) in [4.78, 5) is 0. The maximum absolute atomic E-state index is 6.40. The van der Waals surface area contributed by atoms with Gasteiger partial charge in [-0.3, -0.25) is 0 Å². The summed E-state index contributed by atoms with van der Waals surface area (Å²) >= 11 is 0. The van der Waals surface area contributed by atoms with Crippen LogP contribution in [0.4, 0.5) is 0 Å². The molecule has 0 bridgehead atoms. The van der Waals surface area contributed by atoms with Gasteiger partial charge in [-0.1, -0.05) is 133 Å². The van der Waals surface area contributed by atoms with E-state index in [0.29, 0.717) is 0 Å². The van der Waals surface area contributed by atoms with E-state index in [-0.39, 0.29) is 0 Å². The quantitative estimate of drug-likeness (QED) is 0.214. The molecule has 0 radical (unpaired) electrons. The average molecular weight is 552 g/mol. The zero-order valence-corrected chi connectivity index (χ0v) is 23.2. The minimum absolute atomic E-state index is 0.758. The Labute approximate surface area is 248 Å². The fourth-order valence-corrected chi connectivity index (χ4v) is 6.04. The molecular formula is C39H25N3O. The lowest BCUT2D eigenvalue weighted by Crippen LogP contribution is -2.02. The second-order valence-electron chi connectivity index (χ2n) is 10.5. The van der Waals surface area contributed by atoms with Crippen molar-refractivity contribution in [2.24, 2.45) is 0 Å². The molecule has 0 spiro atoms. The van der Waals surface area contributed by atoms with Crippen molar-refractivity contribution in [3.63, 3.8) is 0 Å². The van der Waals surface area contributed by atoms with Crippen molar-refractivity contribution >= 4 is 21.9 Å². The van der Waals surface area contributed by atoms with Crippen molar-refractivity contribution in [1.29, 1.82) is 0 Å². The number of benzene rings is 6. The first-order valence-corrected chi connectivity index (χ1v) is 14.3. The van der Waals surface area contributed by atoms with Crippen LogP contribution in [0.25, 0.3) is 77.8 Å². The Hall–Kier alpha value is -5.87. The summed E-state index contributed by atoms with van der Waals surface area (Å²) < 4.78 is 6.40. The molecule has 0 fully saturated rings. The molecule has 8 aromatic rings. The Morgan fingerprint density at radius 1 is 0.372 bits per heavy atom. The molecule has 6 aromatic carbocycles. The van der Waals surface area contributed by atoms with E-state index < -0.39 is 0 Å². The van der Waals surface area contributed by atoms with Gasteiger partial charge in [0.2, 0.25) is 0 Å². The number of hydrogen-bond donors (Lipinski definition) is 0. The molecule has 2 aromatic heterocycles. The van der Waals surface area contributed by atoms with Gasteiger partial charge in [0.15, 0.2) is 0 Å². The average Bonchev–Trinajstić information content (AvgIpc) is 3.48. The van der Waals surface area contributed by atoms with Gasteiger partial charge < -0.3 is 4.42 Å². The summed E-state index contributed by atoms with van der Waals surface area (Å²) in [7, 11) is 0. The van der Waals surface area contributed by atoms with E-state index in [4.69, 9.17) is 14.6 Å². The van der Waals surface area contributed by atoms with Crippen LogP contribution in [0.5, 0.6) is 0 Å². The molecule has 0 saturated heterocycles. The van der Waals surface area contributed by atoms with Gasteiger partial charge in [0.05, 0.1) is 0 Å². The molecule has 0 unspecified atom stereocenters. The van der Waals surface area contributed by atoms with E-state index in [1.54, 1.807) is 0 Å². The molecule has 2 heterocycles. The molecule has 0 aliphatic carbocycles.